The molecule has 7 heteroatoms. The van der Waals surface area contributed by atoms with E-state index in [1.165, 1.54) is 0 Å². The summed E-state index contributed by atoms with van der Waals surface area (Å²) in [5.74, 6) is 0.137. The van der Waals surface area contributed by atoms with Crippen molar-refractivity contribution in [3.63, 3.8) is 0 Å². The van der Waals surface area contributed by atoms with Crippen molar-refractivity contribution in [3.8, 4) is 0 Å². The number of amides is 1. The van der Waals surface area contributed by atoms with E-state index in [0.717, 1.165) is 31.7 Å². The standard InChI is InChI=1S/C17H24N6O/c24-17(16-12-18-6-7-21-16)23(13-15-4-1-2-5-20-15)10-3-9-22-11-8-19-14-22/h1-2,4-5,8,11,14,16,18,21H,3,6-7,9-10,12-13H2/t16-/m1/s1. The van der Waals surface area contributed by atoms with E-state index in [1.807, 2.05) is 33.9 Å². The molecule has 0 spiro atoms. The van der Waals surface area contributed by atoms with Crippen LogP contribution in [-0.4, -0.2) is 57.6 Å². The summed E-state index contributed by atoms with van der Waals surface area (Å²) in [7, 11) is 0. The van der Waals surface area contributed by atoms with Gasteiger partial charge in [-0.2, -0.15) is 0 Å². The van der Waals surface area contributed by atoms with Gasteiger partial charge in [0.25, 0.3) is 0 Å². The first kappa shape index (κ1) is 16.6. The summed E-state index contributed by atoms with van der Waals surface area (Å²) in [4.78, 5) is 23.2. The highest BCUT2D eigenvalue weighted by atomic mass is 16.2. The van der Waals surface area contributed by atoms with Crippen molar-refractivity contribution in [3.05, 3.63) is 48.8 Å². The molecule has 0 saturated carbocycles. The molecule has 24 heavy (non-hydrogen) atoms. The summed E-state index contributed by atoms with van der Waals surface area (Å²) in [6.07, 6.45) is 8.17. The van der Waals surface area contributed by atoms with Gasteiger partial charge in [-0.1, -0.05) is 6.07 Å². The number of hydrogen-bond donors (Lipinski definition) is 2. The zero-order valence-corrected chi connectivity index (χ0v) is 13.8. The molecular weight excluding hydrogens is 304 g/mol. The molecular formula is C17H24N6O. The number of piperazine rings is 1. The van der Waals surface area contributed by atoms with E-state index in [4.69, 9.17) is 0 Å². The molecule has 0 unspecified atom stereocenters. The predicted molar refractivity (Wildman–Crippen MR) is 91.2 cm³/mol. The van der Waals surface area contributed by atoms with Gasteiger partial charge in [-0.15, -0.1) is 0 Å². The number of aromatic nitrogens is 3. The lowest BCUT2D eigenvalue weighted by molar-refractivity contribution is -0.134. The first-order valence-corrected chi connectivity index (χ1v) is 8.41. The smallest absolute Gasteiger partial charge is 0.241 e. The second kappa shape index (κ2) is 8.56. The fraction of sp³-hybridized carbons (Fsp3) is 0.471. The molecule has 3 heterocycles. The first-order chi connectivity index (χ1) is 11.8. The van der Waals surface area contributed by atoms with Crippen LogP contribution in [0.25, 0.3) is 0 Å². The maximum absolute atomic E-state index is 12.9. The van der Waals surface area contributed by atoms with Crippen LogP contribution in [0, 0.1) is 0 Å². The van der Waals surface area contributed by atoms with Gasteiger partial charge in [-0.25, -0.2) is 4.98 Å². The molecule has 1 aliphatic rings. The lowest BCUT2D eigenvalue weighted by Gasteiger charge is -2.30. The number of nitrogens with one attached hydrogen (secondary N) is 2. The fourth-order valence-electron chi connectivity index (χ4n) is 2.87. The third kappa shape index (κ3) is 4.62. The molecule has 2 aromatic rings. The Morgan fingerprint density at radius 1 is 1.33 bits per heavy atom. The minimum Gasteiger partial charge on any atom is -0.337 e. The number of rotatable bonds is 7. The Kier molecular flexibility index (Phi) is 5.92. The van der Waals surface area contributed by atoms with Gasteiger partial charge < -0.3 is 20.1 Å². The van der Waals surface area contributed by atoms with E-state index in [0.29, 0.717) is 19.6 Å². The number of carbonyl (C=O) groups excluding carboxylic acids is 1. The molecule has 0 aliphatic carbocycles. The maximum atomic E-state index is 12.9. The van der Waals surface area contributed by atoms with E-state index in [9.17, 15) is 4.79 Å². The van der Waals surface area contributed by atoms with Crippen LogP contribution < -0.4 is 10.6 Å². The van der Waals surface area contributed by atoms with Gasteiger partial charge in [0.1, 0.15) is 0 Å². The zero-order chi connectivity index (χ0) is 16.6. The molecule has 0 radical (unpaired) electrons. The van der Waals surface area contributed by atoms with Crippen LogP contribution >= 0.6 is 0 Å². The second-order valence-electron chi connectivity index (χ2n) is 5.95. The largest absolute Gasteiger partial charge is 0.337 e. The topological polar surface area (TPSA) is 75.1 Å². The molecule has 2 aromatic heterocycles. The molecule has 1 fully saturated rings. The van der Waals surface area contributed by atoms with Gasteiger partial charge in [0.2, 0.25) is 5.91 Å². The van der Waals surface area contributed by atoms with Crippen LogP contribution in [0.2, 0.25) is 0 Å². The fourth-order valence-corrected chi connectivity index (χ4v) is 2.87. The highest BCUT2D eigenvalue weighted by Crippen LogP contribution is 2.07. The van der Waals surface area contributed by atoms with Crippen molar-refractivity contribution >= 4 is 5.91 Å². The lowest BCUT2D eigenvalue weighted by Crippen LogP contribution is -2.56. The number of carbonyl (C=O) groups is 1. The van der Waals surface area contributed by atoms with Crippen molar-refractivity contribution in [2.75, 3.05) is 26.2 Å². The molecule has 3 rings (SSSR count). The highest BCUT2D eigenvalue weighted by Gasteiger charge is 2.25. The van der Waals surface area contributed by atoms with E-state index in [1.54, 1.807) is 18.7 Å². The quantitative estimate of drug-likeness (QED) is 0.762. The van der Waals surface area contributed by atoms with E-state index in [-0.39, 0.29) is 11.9 Å². The number of imidazole rings is 1. The maximum Gasteiger partial charge on any atom is 0.241 e. The first-order valence-electron chi connectivity index (χ1n) is 8.41. The van der Waals surface area contributed by atoms with Crippen molar-refractivity contribution in [1.82, 2.24) is 30.1 Å². The van der Waals surface area contributed by atoms with Crippen LogP contribution in [0.5, 0.6) is 0 Å². The molecule has 7 nitrogen and oxygen atoms in total. The summed E-state index contributed by atoms with van der Waals surface area (Å²) >= 11 is 0. The number of aryl methyl sites for hydroxylation is 1. The Hall–Kier alpha value is -2.25. The van der Waals surface area contributed by atoms with Gasteiger partial charge in [0.15, 0.2) is 0 Å². The Labute approximate surface area is 142 Å². The minimum atomic E-state index is -0.157. The molecule has 1 atom stereocenters. The molecule has 1 aliphatic heterocycles. The van der Waals surface area contributed by atoms with E-state index < -0.39 is 0 Å². The average Bonchev–Trinajstić information content (AvgIpc) is 3.15. The van der Waals surface area contributed by atoms with Crippen molar-refractivity contribution < 1.29 is 4.79 Å². The molecule has 0 aromatic carbocycles. The molecule has 0 bridgehead atoms. The SMILES string of the molecule is O=C([C@H]1CNCCN1)N(CCCn1ccnc1)Cc1ccccn1. The van der Waals surface area contributed by atoms with Crippen LogP contribution in [0.15, 0.2) is 43.1 Å². The van der Waals surface area contributed by atoms with Gasteiger partial charge in [0, 0.05) is 51.3 Å². The highest BCUT2D eigenvalue weighted by molar-refractivity contribution is 5.82. The van der Waals surface area contributed by atoms with E-state index in [2.05, 4.69) is 20.6 Å². The molecule has 128 valence electrons. The van der Waals surface area contributed by atoms with E-state index >= 15 is 0 Å². The summed E-state index contributed by atoms with van der Waals surface area (Å²) in [5.41, 5.74) is 0.914. The third-order valence-corrected chi connectivity index (χ3v) is 4.13. The van der Waals surface area contributed by atoms with Gasteiger partial charge in [0.05, 0.1) is 24.6 Å². The molecule has 1 amide bonds. The van der Waals surface area contributed by atoms with Crippen molar-refractivity contribution in [2.24, 2.45) is 0 Å². The number of hydrogen-bond acceptors (Lipinski definition) is 5. The van der Waals surface area contributed by atoms with Crippen LogP contribution in [0.1, 0.15) is 12.1 Å². The summed E-state index contributed by atoms with van der Waals surface area (Å²) in [6.45, 7) is 4.50. The molecule has 2 N–H and O–H groups in total. The summed E-state index contributed by atoms with van der Waals surface area (Å²) < 4.78 is 2.03. The van der Waals surface area contributed by atoms with Crippen molar-refractivity contribution in [1.29, 1.82) is 0 Å². The van der Waals surface area contributed by atoms with Crippen molar-refractivity contribution in [2.45, 2.75) is 25.6 Å². The van der Waals surface area contributed by atoms with Crippen LogP contribution in [-0.2, 0) is 17.9 Å². The Morgan fingerprint density at radius 2 is 2.29 bits per heavy atom. The van der Waals surface area contributed by atoms with Gasteiger partial charge in [-0.05, 0) is 18.6 Å². The lowest BCUT2D eigenvalue weighted by atomic mass is 10.2. The Bertz CT molecular complexity index is 609. The number of nitrogens with zero attached hydrogens (tertiary/aromatic N) is 4. The average molecular weight is 328 g/mol. The zero-order valence-electron chi connectivity index (χ0n) is 13.8. The third-order valence-electron chi connectivity index (χ3n) is 4.13. The summed E-state index contributed by atoms with van der Waals surface area (Å²) in [5, 5.41) is 6.57. The predicted octanol–water partition coefficient (Wildman–Crippen LogP) is 0.258. The Balaban J connectivity index is 1.61. The molecule has 1 saturated heterocycles. The summed E-state index contributed by atoms with van der Waals surface area (Å²) in [6, 6.07) is 5.65. The van der Waals surface area contributed by atoms with Crippen LogP contribution in [0.4, 0.5) is 0 Å². The van der Waals surface area contributed by atoms with Crippen LogP contribution in [0.3, 0.4) is 0 Å². The monoisotopic (exact) mass is 328 g/mol. The Morgan fingerprint density at radius 3 is 3.00 bits per heavy atom. The number of pyridine rings is 1. The minimum absolute atomic E-state index is 0.137. The van der Waals surface area contributed by atoms with Gasteiger partial charge in [-0.3, -0.25) is 9.78 Å². The van der Waals surface area contributed by atoms with Gasteiger partial charge >= 0.3 is 0 Å². The second-order valence-corrected chi connectivity index (χ2v) is 5.95. The normalized spacial score (nSPS) is 17.6.